The van der Waals surface area contributed by atoms with Crippen molar-refractivity contribution in [1.82, 2.24) is 19.1 Å². The summed E-state index contributed by atoms with van der Waals surface area (Å²) in [5.74, 6) is -2.20. The van der Waals surface area contributed by atoms with Gasteiger partial charge < -0.3 is 4.74 Å². The van der Waals surface area contributed by atoms with E-state index in [9.17, 15) is 30.8 Å². The van der Waals surface area contributed by atoms with Crippen LogP contribution in [0.1, 0.15) is 28.2 Å². The zero-order valence-corrected chi connectivity index (χ0v) is 22.5. The van der Waals surface area contributed by atoms with Crippen LogP contribution in [0.5, 0.6) is 5.75 Å². The van der Waals surface area contributed by atoms with Crippen molar-refractivity contribution in [2.45, 2.75) is 30.1 Å². The summed E-state index contributed by atoms with van der Waals surface area (Å²) in [6.07, 6.45) is 0.454. The van der Waals surface area contributed by atoms with E-state index in [4.69, 9.17) is 0 Å². The molecule has 0 N–H and O–H groups in total. The van der Waals surface area contributed by atoms with Gasteiger partial charge in [0.15, 0.2) is 5.78 Å². The van der Waals surface area contributed by atoms with Crippen LogP contribution in [0.25, 0.3) is 11.8 Å². The number of carbonyl (C=O) groups is 1. The maximum atomic E-state index is 13.9. The van der Waals surface area contributed by atoms with E-state index in [-0.39, 0.29) is 25.1 Å². The predicted octanol–water partition coefficient (Wildman–Crippen LogP) is 5.21. The number of piperidine rings is 1. The quantitative estimate of drug-likeness (QED) is 0.224. The van der Waals surface area contributed by atoms with Crippen molar-refractivity contribution in [3.05, 3.63) is 107 Å². The smallest absolute Gasteiger partial charge is 0.406 e. The third-order valence-corrected chi connectivity index (χ3v) is 9.22. The van der Waals surface area contributed by atoms with E-state index in [1.54, 1.807) is 35.1 Å². The number of hydrogen-bond donors (Lipinski definition) is 0. The monoisotopic (exact) mass is 598 g/mol. The van der Waals surface area contributed by atoms with Crippen molar-refractivity contribution < 1.29 is 35.5 Å². The molecule has 2 atom stereocenters. The van der Waals surface area contributed by atoms with Gasteiger partial charge in [0.05, 0.1) is 28.5 Å². The minimum atomic E-state index is -5.01. The number of halogens is 4. The van der Waals surface area contributed by atoms with E-state index < -0.39 is 50.6 Å². The number of sulfonamides is 1. The lowest BCUT2D eigenvalue weighted by atomic mass is 9.76. The fourth-order valence-corrected chi connectivity index (χ4v) is 7.16. The molecule has 1 fully saturated rings. The van der Waals surface area contributed by atoms with Gasteiger partial charge in [0, 0.05) is 24.7 Å². The summed E-state index contributed by atoms with van der Waals surface area (Å²) in [4.78, 5) is 17.7. The molecule has 1 aliphatic heterocycles. The van der Waals surface area contributed by atoms with Crippen molar-refractivity contribution in [2.24, 2.45) is 5.92 Å². The first-order chi connectivity index (χ1) is 20.0. The fourth-order valence-electron chi connectivity index (χ4n) is 5.50. The Morgan fingerprint density at radius 3 is 2.52 bits per heavy atom. The maximum Gasteiger partial charge on any atom is 0.573 e. The van der Waals surface area contributed by atoms with Crippen molar-refractivity contribution in [3.8, 4) is 11.4 Å². The Kier molecular flexibility index (Phi) is 6.93. The second kappa shape index (κ2) is 10.5. The van der Waals surface area contributed by atoms with Gasteiger partial charge in [0.1, 0.15) is 17.3 Å². The number of fused-ring (bicyclic) bond motifs is 2. The maximum absolute atomic E-state index is 13.9. The highest BCUT2D eigenvalue weighted by Gasteiger charge is 2.47. The van der Waals surface area contributed by atoms with Gasteiger partial charge in [0.25, 0.3) is 0 Å². The molecule has 1 saturated heterocycles. The number of Topliss-reactive ketones (excluding diaryl/α,β-unsaturated/α-hetero) is 1. The molecule has 6 rings (SSSR count). The minimum absolute atomic E-state index is 0.0610. The van der Waals surface area contributed by atoms with Crippen LogP contribution in [-0.2, 0) is 16.4 Å². The SMILES string of the molecule is O=C(c1ccccn1)[C@@H]1C2Cc3cnn(-c4ccc(F)cc4)c3C=C2CCN1S(=O)(=O)c1cccc(OC(F)(F)F)c1. The van der Waals surface area contributed by atoms with Gasteiger partial charge in [-0.2, -0.15) is 9.40 Å². The Morgan fingerprint density at radius 1 is 1.02 bits per heavy atom. The molecular weight excluding hydrogens is 576 g/mol. The van der Waals surface area contributed by atoms with Crippen LogP contribution in [0.4, 0.5) is 17.6 Å². The highest BCUT2D eigenvalue weighted by molar-refractivity contribution is 7.89. The van der Waals surface area contributed by atoms with Gasteiger partial charge in [-0.1, -0.05) is 17.7 Å². The molecule has 0 bridgehead atoms. The molecule has 13 heteroatoms. The van der Waals surface area contributed by atoms with Crippen LogP contribution < -0.4 is 4.74 Å². The fraction of sp³-hybridized carbons (Fsp3) is 0.207. The number of carbonyl (C=O) groups excluding carboxylic acids is 1. The summed E-state index contributed by atoms with van der Waals surface area (Å²) < 4.78 is 86.6. The van der Waals surface area contributed by atoms with Gasteiger partial charge in [0.2, 0.25) is 10.0 Å². The lowest BCUT2D eigenvalue weighted by molar-refractivity contribution is -0.274. The molecule has 1 aliphatic carbocycles. The molecule has 0 amide bonds. The average Bonchev–Trinajstić information content (AvgIpc) is 3.38. The van der Waals surface area contributed by atoms with Gasteiger partial charge >= 0.3 is 6.36 Å². The van der Waals surface area contributed by atoms with Gasteiger partial charge in [-0.25, -0.2) is 17.5 Å². The Hall–Kier alpha value is -4.36. The second-order valence-electron chi connectivity index (χ2n) is 9.89. The normalized spacial score (nSPS) is 19.0. The topological polar surface area (TPSA) is 94.4 Å². The number of nitrogens with zero attached hydrogens (tertiary/aromatic N) is 4. The van der Waals surface area contributed by atoms with E-state index in [1.165, 1.54) is 24.4 Å². The number of ketones is 1. The number of hydrogen-bond acceptors (Lipinski definition) is 6. The Labute approximate surface area is 237 Å². The first-order valence-corrected chi connectivity index (χ1v) is 14.3. The Morgan fingerprint density at radius 2 is 1.81 bits per heavy atom. The molecule has 0 spiro atoms. The van der Waals surface area contributed by atoms with Crippen LogP contribution in [0.15, 0.2) is 89.6 Å². The number of aromatic nitrogens is 3. The van der Waals surface area contributed by atoms with E-state index in [1.807, 2.05) is 6.08 Å². The number of rotatable bonds is 6. The summed E-state index contributed by atoms with van der Waals surface area (Å²) in [5.41, 5.74) is 3.01. The molecule has 0 saturated carbocycles. The number of alkyl halides is 3. The molecule has 42 heavy (non-hydrogen) atoms. The van der Waals surface area contributed by atoms with Crippen LogP contribution in [-0.4, -0.2) is 52.2 Å². The summed E-state index contributed by atoms with van der Waals surface area (Å²) in [6.45, 7) is -0.0989. The Bertz CT molecular complexity index is 1790. The van der Waals surface area contributed by atoms with Gasteiger partial charge in [-0.3, -0.25) is 9.78 Å². The molecule has 0 radical (unpaired) electrons. The number of pyridine rings is 1. The highest BCUT2D eigenvalue weighted by Crippen LogP contribution is 2.41. The van der Waals surface area contributed by atoms with Crippen LogP contribution in [0.2, 0.25) is 0 Å². The van der Waals surface area contributed by atoms with Crippen molar-refractivity contribution in [3.63, 3.8) is 0 Å². The first-order valence-electron chi connectivity index (χ1n) is 12.9. The van der Waals surface area contributed by atoms with E-state index in [2.05, 4.69) is 14.8 Å². The highest BCUT2D eigenvalue weighted by atomic mass is 32.2. The van der Waals surface area contributed by atoms with Crippen LogP contribution in [0.3, 0.4) is 0 Å². The summed E-state index contributed by atoms with van der Waals surface area (Å²) in [5, 5.41) is 4.45. The van der Waals surface area contributed by atoms with Crippen LogP contribution >= 0.6 is 0 Å². The molecule has 2 aliphatic rings. The van der Waals surface area contributed by atoms with E-state index in [0.29, 0.717) is 5.69 Å². The van der Waals surface area contributed by atoms with Crippen molar-refractivity contribution >= 4 is 21.9 Å². The molecule has 1 unspecified atom stereocenters. The summed E-state index contributed by atoms with van der Waals surface area (Å²) in [6, 6.07) is 13.4. The second-order valence-corrected chi connectivity index (χ2v) is 11.8. The Balaban J connectivity index is 1.41. The van der Waals surface area contributed by atoms with Crippen molar-refractivity contribution in [2.75, 3.05) is 6.54 Å². The van der Waals surface area contributed by atoms with E-state index >= 15 is 0 Å². The van der Waals surface area contributed by atoms with Gasteiger partial charge in [-0.15, -0.1) is 13.2 Å². The molecule has 2 aromatic heterocycles. The standard InChI is InChI=1S/C29H22F4N4O4S/c30-20-7-9-21(10-8-20)37-26-15-18-11-13-36(42(39,40)23-5-3-4-22(16-23)41-29(31,32)33)27(24(18)14-19(26)17-35-37)28(38)25-6-1-2-12-34-25/h1-10,12,15-17,24,27H,11,13-14H2/t24?,27-/m0/s1. The zero-order valence-electron chi connectivity index (χ0n) is 21.7. The molecule has 8 nitrogen and oxygen atoms in total. The predicted molar refractivity (Wildman–Crippen MR) is 143 cm³/mol. The third kappa shape index (κ3) is 5.21. The zero-order chi connectivity index (χ0) is 29.6. The lowest BCUT2D eigenvalue weighted by Gasteiger charge is -2.42. The lowest BCUT2D eigenvalue weighted by Crippen LogP contribution is -2.54. The number of benzene rings is 2. The molecule has 3 heterocycles. The molecule has 4 aromatic rings. The number of ether oxygens (including phenoxy) is 1. The summed E-state index contributed by atoms with van der Waals surface area (Å²) in [7, 11) is -4.46. The molecule has 216 valence electrons. The molecular formula is C29H22F4N4O4S. The van der Waals surface area contributed by atoms with Gasteiger partial charge in [-0.05, 0) is 73.0 Å². The third-order valence-electron chi connectivity index (χ3n) is 7.34. The largest absolute Gasteiger partial charge is 0.573 e. The minimum Gasteiger partial charge on any atom is -0.406 e. The van der Waals surface area contributed by atoms with Crippen molar-refractivity contribution in [1.29, 1.82) is 0 Å². The van der Waals surface area contributed by atoms with E-state index in [0.717, 1.165) is 45.4 Å². The molecule has 2 aromatic carbocycles. The van der Waals surface area contributed by atoms with Crippen LogP contribution in [0, 0.1) is 11.7 Å². The first kappa shape index (κ1) is 27.8. The average molecular weight is 599 g/mol. The summed E-state index contributed by atoms with van der Waals surface area (Å²) >= 11 is 0.